The van der Waals surface area contributed by atoms with E-state index in [9.17, 15) is 18.8 Å². The Morgan fingerprint density at radius 3 is 2.52 bits per heavy atom. The van der Waals surface area contributed by atoms with Gasteiger partial charge in [0, 0.05) is 0 Å². The lowest BCUT2D eigenvalue weighted by Gasteiger charge is -2.17. The van der Waals surface area contributed by atoms with Crippen LogP contribution in [0.2, 0.25) is 0 Å². The molecule has 9 heteroatoms. The van der Waals surface area contributed by atoms with Gasteiger partial charge in [0.15, 0.2) is 0 Å². The maximum atomic E-state index is 12.8. The van der Waals surface area contributed by atoms with Gasteiger partial charge in [-0.1, -0.05) is 12.1 Å². The summed E-state index contributed by atoms with van der Waals surface area (Å²) in [5.41, 5.74) is 2.26. The fraction of sp³-hybridized carbons (Fsp3) is 0.312. The first kappa shape index (κ1) is 18.6. The van der Waals surface area contributed by atoms with Gasteiger partial charge in [0.05, 0.1) is 13.2 Å². The molecule has 134 valence electrons. The van der Waals surface area contributed by atoms with Crippen molar-refractivity contribution in [1.29, 1.82) is 0 Å². The number of urea groups is 1. The van der Waals surface area contributed by atoms with Crippen LogP contribution in [-0.2, 0) is 20.9 Å². The third-order valence-electron chi connectivity index (χ3n) is 3.50. The third kappa shape index (κ3) is 4.20. The molecule has 1 aliphatic rings. The number of nitrogens with zero attached hydrogens (tertiary/aromatic N) is 1. The molecule has 1 fully saturated rings. The smallest absolute Gasteiger partial charge is 0.329 e. The van der Waals surface area contributed by atoms with E-state index in [-0.39, 0.29) is 24.7 Å². The Hall–Kier alpha value is -2.78. The molecule has 0 bridgehead atoms. The molecule has 8 nitrogen and oxygen atoms in total. The maximum Gasteiger partial charge on any atom is 0.329 e. The molecule has 1 saturated heterocycles. The number of hydrogen-bond acceptors (Lipinski definition) is 5. The number of ether oxygens (including phenoxy) is 1. The number of benzene rings is 1. The molecule has 0 unspecified atom stereocenters. The van der Waals surface area contributed by atoms with E-state index in [1.165, 1.54) is 31.5 Å². The standard InChI is InChI=1S/C16H18FN3O5/c1-9(2)13(14(21)19-24)20-15(22)12(18-16(20)23)8-25-7-10-3-5-11(17)6-4-10/h3-6,12,24H,7-8H2,1-2H3,(H,18,23)(H,19,21)/t12-/m0/s1. The van der Waals surface area contributed by atoms with Crippen molar-refractivity contribution in [1.82, 2.24) is 15.7 Å². The van der Waals surface area contributed by atoms with Crippen LogP contribution in [0.5, 0.6) is 0 Å². The van der Waals surface area contributed by atoms with Crippen molar-refractivity contribution in [3.05, 3.63) is 46.9 Å². The van der Waals surface area contributed by atoms with Crippen LogP contribution >= 0.6 is 0 Å². The van der Waals surface area contributed by atoms with Gasteiger partial charge in [0.1, 0.15) is 17.6 Å². The van der Waals surface area contributed by atoms with Gasteiger partial charge >= 0.3 is 6.03 Å². The van der Waals surface area contributed by atoms with Crippen molar-refractivity contribution in [3.63, 3.8) is 0 Å². The number of allylic oxidation sites excluding steroid dienone is 1. The molecule has 1 atom stereocenters. The van der Waals surface area contributed by atoms with Crippen LogP contribution in [0.25, 0.3) is 0 Å². The topological polar surface area (TPSA) is 108 Å². The predicted molar refractivity (Wildman–Crippen MR) is 83.5 cm³/mol. The first-order valence-electron chi connectivity index (χ1n) is 7.43. The average molecular weight is 351 g/mol. The van der Waals surface area contributed by atoms with Crippen LogP contribution in [-0.4, -0.2) is 40.6 Å². The second kappa shape index (κ2) is 7.86. The summed E-state index contributed by atoms with van der Waals surface area (Å²) < 4.78 is 18.2. The highest BCUT2D eigenvalue weighted by atomic mass is 19.1. The zero-order valence-electron chi connectivity index (χ0n) is 13.7. The summed E-state index contributed by atoms with van der Waals surface area (Å²) in [6.07, 6.45) is 0. The average Bonchev–Trinajstić information content (AvgIpc) is 2.84. The fourth-order valence-corrected chi connectivity index (χ4v) is 2.34. The summed E-state index contributed by atoms with van der Waals surface area (Å²) in [6, 6.07) is 3.93. The SMILES string of the molecule is CC(C)=C(C(=O)NO)N1C(=O)N[C@@H](COCc2ccc(F)cc2)C1=O. The van der Waals surface area contributed by atoms with Crippen molar-refractivity contribution < 1.29 is 28.7 Å². The van der Waals surface area contributed by atoms with E-state index >= 15 is 0 Å². The van der Waals surface area contributed by atoms with Gasteiger partial charge in [0.25, 0.3) is 11.8 Å². The van der Waals surface area contributed by atoms with Gasteiger partial charge < -0.3 is 10.1 Å². The van der Waals surface area contributed by atoms with Gasteiger partial charge in [-0.15, -0.1) is 0 Å². The van der Waals surface area contributed by atoms with Crippen molar-refractivity contribution in [2.24, 2.45) is 0 Å². The van der Waals surface area contributed by atoms with E-state index in [1.54, 1.807) is 12.1 Å². The highest BCUT2D eigenvalue weighted by Crippen LogP contribution is 2.18. The van der Waals surface area contributed by atoms with Gasteiger partial charge in [-0.2, -0.15) is 0 Å². The fourth-order valence-electron chi connectivity index (χ4n) is 2.34. The van der Waals surface area contributed by atoms with Crippen molar-refractivity contribution in [2.45, 2.75) is 26.5 Å². The minimum Gasteiger partial charge on any atom is -0.374 e. The summed E-state index contributed by atoms with van der Waals surface area (Å²) in [7, 11) is 0. The number of hydroxylamine groups is 1. The van der Waals surface area contributed by atoms with E-state index in [0.29, 0.717) is 16.0 Å². The molecule has 0 aromatic heterocycles. The number of halogens is 1. The van der Waals surface area contributed by atoms with Gasteiger partial charge in [-0.05, 0) is 37.1 Å². The van der Waals surface area contributed by atoms with Gasteiger partial charge in [0.2, 0.25) is 0 Å². The predicted octanol–water partition coefficient (Wildman–Crippen LogP) is 1.06. The Labute approximate surface area is 143 Å². The molecule has 1 heterocycles. The number of imide groups is 1. The minimum absolute atomic E-state index is 0.116. The van der Waals surface area contributed by atoms with Gasteiger partial charge in [-0.25, -0.2) is 19.6 Å². The van der Waals surface area contributed by atoms with Gasteiger partial charge in [-0.3, -0.25) is 14.8 Å². The van der Waals surface area contributed by atoms with E-state index < -0.39 is 23.9 Å². The summed E-state index contributed by atoms with van der Waals surface area (Å²) >= 11 is 0. The van der Waals surface area contributed by atoms with Crippen LogP contribution in [0.3, 0.4) is 0 Å². The van der Waals surface area contributed by atoms with Crippen molar-refractivity contribution in [3.8, 4) is 0 Å². The zero-order valence-corrected chi connectivity index (χ0v) is 13.7. The highest BCUT2D eigenvalue weighted by Gasteiger charge is 2.42. The lowest BCUT2D eigenvalue weighted by molar-refractivity contribution is -0.133. The molecule has 0 saturated carbocycles. The highest BCUT2D eigenvalue weighted by molar-refractivity contribution is 6.11. The molecule has 1 aliphatic heterocycles. The van der Waals surface area contributed by atoms with Crippen LogP contribution in [0.4, 0.5) is 9.18 Å². The van der Waals surface area contributed by atoms with E-state index in [0.717, 1.165) is 0 Å². The summed E-state index contributed by atoms with van der Waals surface area (Å²) in [6.45, 7) is 3.08. The molecule has 25 heavy (non-hydrogen) atoms. The third-order valence-corrected chi connectivity index (χ3v) is 3.50. The molecule has 2 rings (SSSR count). The molecule has 0 aliphatic carbocycles. The molecule has 3 N–H and O–H groups in total. The molecule has 0 spiro atoms. The lowest BCUT2D eigenvalue weighted by atomic mass is 10.2. The van der Waals surface area contributed by atoms with Crippen LogP contribution in [0.1, 0.15) is 19.4 Å². The summed E-state index contributed by atoms with van der Waals surface area (Å²) in [5.74, 6) is -1.99. The van der Waals surface area contributed by atoms with Crippen LogP contribution < -0.4 is 10.8 Å². The Balaban J connectivity index is 2.01. The van der Waals surface area contributed by atoms with Crippen LogP contribution in [0, 0.1) is 5.82 Å². The number of rotatable bonds is 6. The van der Waals surface area contributed by atoms with E-state index in [1.807, 2.05) is 0 Å². The van der Waals surface area contributed by atoms with Crippen LogP contribution in [0.15, 0.2) is 35.5 Å². The second-order valence-corrected chi connectivity index (χ2v) is 5.61. The Morgan fingerprint density at radius 1 is 1.32 bits per heavy atom. The Kier molecular flexibility index (Phi) is 5.84. The second-order valence-electron chi connectivity index (χ2n) is 5.61. The first-order valence-corrected chi connectivity index (χ1v) is 7.43. The molecular weight excluding hydrogens is 333 g/mol. The number of amides is 4. The largest absolute Gasteiger partial charge is 0.374 e. The number of carbonyl (C=O) groups is 3. The first-order chi connectivity index (χ1) is 11.8. The van der Waals surface area contributed by atoms with Crippen molar-refractivity contribution in [2.75, 3.05) is 6.61 Å². The quantitative estimate of drug-likeness (QED) is 0.307. The summed E-state index contributed by atoms with van der Waals surface area (Å²) in [5, 5.41) is 11.2. The molecular formula is C16H18FN3O5. The number of hydrogen-bond donors (Lipinski definition) is 3. The lowest BCUT2D eigenvalue weighted by Crippen LogP contribution is -2.39. The monoisotopic (exact) mass is 351 g/mol. The molecule has 0 radical (unpaired) electrons. The maximum absolute atomic E-state index is 12.8. The number of carbonyl (C=O) groups excluding carboxylic acids is 3. The molecule has 1 aromatic carbocycles. The van der Waals surface area contributed by atoms with Crippen molar-refractivity contribution >= 4 is 17.8 Å². The number of nitrogens with one attached hydrogen (secondary N) is 2. The summed E-state index contributed by atoms with van der Waals surface area (Å²) in [4.78, 5) is 36.8. The van der Waals surface area contributed by atoms with E-state index in [4.69, 9.17) is 9.94 Å². The zero-order chi connectivity index (χ0) is 18.6. The normalized spacial score (nSPS) is 16.6. The molecule has 1 aromatic rings. The Bertz CT molecular complexity index is 713. The minimum atomic E-state index is -0.964. The molecule has 4 amide bonds. The van der Waals surface area contributed by atoms with E-state index in [2.05, 4.69) is 5.32 Å². The Morgan fingerprint density at radius 2 is 1.96 bits per heavy atom.